The fourth-order valence-electron chi connectivity index (χ4n) is 3.74. The van der Waals surface area contributed by atoms with Crippen molar-refractivity contribution in [2.24, 2.45) is 5.73 Å². The zero-order valence-corrected chi connectivity index (χ0v) is 19.3. The van der Waals surface area contributed by atoms with Crippen LogP contribution in [-0.2, 0) is 0 Å². The minimum Gasteiger partial charge on any atom is -0.493 e. The number of pyridine rings is 3. The second kappa shape index (κ2) is 9.65. The van der Waals surface area contributed by atoms with E-state index in [-0.39, 0.29) is 12.0 Å². The standard InChI is InChI=1S/C24H27N7O3/c1-13(30-24(26)27)4-5-34-15-6-14(10-28-11-15)19-7-16-17-8-21(32-2)22(33-3)9-20(17)29-12-18(16)23(25)31-19/h6-13H,4-5H2,1-3H3,(H2,25,31)(H4,26,27,30)/t13-/m0/s1. The van der Waals surface area contributed by atoms with Gasteiger partial charge >= 0.3 is 0 Å². The molecule has 0 radical (unpaired) electrons. The monoisotopic (exact) mass is 461 g/mol. The average molecular weight is 462 g/mol. The molecule has 6 N–H and O–H groups in total. The number of guanidine groups is 1. The SMILES string of the molecule is COc1cc2ncc3c(N)nc(-c4cncc(OCC[C@H](C)NC(=N)N)c4)cc3c2cc1OC. The number of methoxy groups -OCH3 is 2. The molecule has 0 fully saturated rings. The van der Waals surface area contributed by atoms with Crippen molar-refractivity contribution in [2.45, 2.75) is 19.4 Å². The first-order chi connectivity index (χ1) is 16.4. The predicted octanol–water partition coefficient (Wildman–Crippen LogP) is 3.08. The number of fused-ring (bicyclic) bond motifs is 3. The van der Waals surface area contributed by atoms with E-state index in [0.717, 1.165) is 27.2 Å². The highest BCUT2D eigenvalue weighted by molar-refractivity contribution is 6.10. The number of nitrogens with zero attached hydrogens (tertiary/aromatic N) is 3. The first-order valence-electron chi connectivity index (χ1n) is 10.7. The van der Waals surface area contributed by atoms with Gasteiger partial charge in [-0.05, 0) is 30.5 Å². The summed E-state index contributed by atoms with van der Waals surface area (Å²) in [6.45, 7) is 2.38. The highest BCUT2D eigenvalue weighted by Crippen LogP contribution is 2.37. The van der Waals surface area contributed by atoms with Gasteiger partial charge in [-0.1, -0.05) is 0 Å². The molecule has 4 aromatic rings. The largest absolute Gasteiger partial charge is 0.493 e. The van der Waals surface area contributed by atoms with Crippen LogP contribution < -0.4 is 31.0 Å². The molecule has 0 amide bonds. The molecule has 0 aliphatic rings. The van der Waals surface area contributed by atoms with Crippen LogP contribution in [-0.4, -0.2) is 47.8 Å². The number of anilines is 1. The quantitative estimate of drug-likeness (QED) is 0.176. The van der Waals surface area contributed by atoms with Gasteiger partial charge in [-0.2, -0.15) is 0 Å². The summed E-state index contributed by atoms with van der Waals surface area (Å²) in [5.41, 5.74) is 13.9. The second-order valence-corrected chi connectivity index (χ2v) is 7.84. The highest BCUT2D eigenvalue weighted by atomic mass is 16.5. The summed E-state index contributed by atoms with van der Waals surface area (Å²) in [6, 6.07) is 7.58. The molecule has 3 heterocycles. The Morgan fingerprint density at radius 1 is 1.03 bits per heavy atom. The Morgan fingerprint density at radius 2 is 1.79 bits per heavy atom. The molecule has 0 aliphatic heterocycles. The Bertz CT molecular complexity index is 1360. The number of hydrogen-bond acceptors (Lipinski definition) is 8. The molecule has 0 unspecified atom stereocenters. The lowest BCUT2D eigenvalue weighted by Crippen LogP contribution is -2.38. The minimum absolute atomic E-state index is 0.0214. The van der Waals surface area contributed by atoms with Gasteiger partial charge in [0, 0.05) is 47.3 Å². The summed E-state index contributed by atoms with van der Waals surface area (Å²) in [5, 5.41) is 12.6. The summed E-state index contributed by atoms with van der Waals surface area (Å²) in [7, 11) is 3.19. The van der Waals surface area contributed by atoms with E-state index in [1.165, 1.54) is 0 Å². The number of benzene rings is 1. The summed E-state index contributed by atoms with van der Waals surface area (Å²) >= 11 is 0. The molecule has 34 heavy (non-hydrogen) atoms. The lowest BCUT2D eigenvalue weighted by atomic mass is 10.0. The molecule has 3 aromatic heterocycles. The van der Waals surface area contributed by atoms with Crippen molar-refractivity contribution in [1.82, 2.24) is 20.3 Å². The van der Waals surface area contributed by atoms with Crippen LogP contribution in [0.15, 0.2) is 42.9 Å². The van der Waals surface area contributed by atoms with Crippen LogP contribution in [0.4, 0.5) is 5.82 Å². The summed E-state index contributed by atoms with van der Waals surface area (Å²) < 4.78 is 16.7. The second-order valence-electron chi connectivity index (χ2n) is 7.84. The van der Waals surface area contributed by atoms with Crippen LogP contribution in [0.25, 0.3) is 32.9 Å². The molecule has 4 rings (SSSR count). The van der Waals surface area contributed by atoms with Gasteiger partial charge in [-0.15, -0.1) is 0 Å². The molecule has 0 saturated carbocycles. The molecule has 0 saturated heterocycles. The van der Waals surface area contributed by atoms with Crippen molar-refractivity contribution in [1.29, 1.82) is 5.41 Å². The van der Waals surface area contributed by atoms with Crippen LogP contribution in [0.1, 0.15) is 13.3 Å². The van der Waals surface area contributed by atoms with Gasteiger partial charge in [-0.3, -0.25) is 15.4 Å². The number of nitrogen functional groups attached to an aromatic ring is 1. The van der Waals surface area contributed by atoms with Crippen LogP contribution >= 0.6 is 0 Å². The van der Waals surface area contributed by atoms with E-state index in [2.05, 4.69) is 20.3 Å². The molecule has 1 atom stereocenters. The van der Waals surface area contributed by atoms with Crippen LogP contribution in [0.2, 0.25) is 0 Å². The molecular weight excluding hydrogens is 434 g/mol. The van der Waals surface area contributed by atoms with E-state index < -0.39 is 0 Å². The molecule has 1 aromatic carbocycles. The number of ether oxygens (including phenoxy) is 3. The molecule has 0 bridgehead atoms. The molecule has 176 valence electrons. The van der Waals surface area contributed by atoms with E-state index in [1.54, 1.807) is 32.8 Å². The van der Waals surface area contributed by atoms with Crippen molar-refractivity contribution in [2.75, 3.05) is 26.6 Å². The van der Waals surface area contributed by atoms with Crippen molar-refractivity contribution in [3.05, 3.63) is 42.9 Å². The van der Waals surface area contributed by atoms with E-state index in [4.69, 9.17) is 31.1 Å². The van der Waals surface area contributed by atoms with Gasteiger partial charge in [0.05, 0.1) is 38.2 Å². The maximum atomic E-state index is 7.30. The van der Waals surface area contributed by atoms with Crippen LogP contribution in [0.3, 0.4) is 0 Å². The predicted molar refractivity (Wildman–Crippen MR) is 132 cm³/mol. The molecule has 10 nitrogen and oxygen atoms in total. The van der Waals surface area contributed by atoms with Crippen molar-refractivity contribution >= 4 is 33.5 Å². The molecule has 0 aliphatic carbocycles. The lowest BCUT2D eigenvalue weighted by molar-refractivity contribution is 0.295. The molecule has 10 heteroatoms. The maximum absolute atomic E-state index is 7.30. The fourth-order valence-corrected chi connectivity index (χ4v) is 3.74. The maximum Gasteiger partial charge on any atom is 0.185 e. The van der Waals surface area contributed by atoms with Gasteiger partial charge in [0.25, 0.3) is 0 Å². The Kier molecular flexibility index (Phi) is 6.48. The van der Waals surface area contributed by atoms with E-state index in [9.17, 15) is 0 Å². The Balaban J connectivity index is 1.68. The summed E-state index contributed by atoms with van der Waals surface area (Å²) in [5.74, 6) is 2.12. The smallest absolute Gasteiger partial charge is 0.185 e. The van der Waals surface area contributed by atoms with Gasteiger partial charge in [-0.25, -0.2) is 4.98 Å². The third-order valence-corrected chi connectivity index (χ3v) is 5.44. The summed E-state index contributed by atoms with van der Waals surface area (Å²) in [4.78, 5) is 13.4. The summed E-state index contributed by atoms with van der Waals surface area (Å²) in [6.07, 6.45) is 5.75. The first kappa shape index (κ1) is 22.8. The average Bonchev–Trinajstić information content (AvgIpc) is 2.82. The van der Waals surface area contributed by atoms with Gasteiger partial charge in [0.2, 0.25) is 0 Å². The van der Waals surface area contributed by atoms with Crippen molar-refractivity contribution in [3.63, 3.8) is 0 Å². The Morgan fingerprint density at radius 3 is 2.53 bits per heavy atom. The number of nitrogens with one attached hydrogen (secondary N) is 2. The Labute approximate surface area is 196 Å². The normalized spacial score (nSPS) is 11.9. The highest BCUT2D eigenvalue weighted by Gasteiger charge is 2.14. The third-order valence-electron chi connectivity index (χ3n) is 5.44. The number of hydrogen-bond donors (Lipinski definition) is 4. The fraction of sp³-hybridized carbons (Fsp3) is 0.250. The van der Waals surface area contributed by atoms with E-state index >= 15 is 0 Å². The topological polar surface area (TPSA) is 154 Å². The number of rotatable bonds is 8. The van der Waals surface area contributed by atoms with Crippen molar-refractivity contribution < 1.29 is 14.2 Å². The zero-order chi connectivity index (χ0) is 24.2. The van der Waals surface area contributed by atoms with Gasteiger partial charge in [0.1, 0.15) is 11.6 Å². The van der Waals surface area contributed by atoms with Crippen LogP contribution in [0, 0.1) is 5.41 Å². The third kappa shape index (κ3) is 4.70. The number of nitrogens with two attached hydrogens (primary N) is 2. The lowest BCUT2D eigenvalue weighted by Gasteiger charge is -2.14. The molecular formula is C24H27N7O3. The van der Waals surface area contributed by atoms with Gasteiger partial charge < -0.3 is 31.0 Å². The molecule has 0 spiro atoms. The zero-order valence-electron chi connectivity index (χ0n) is 19.3. The van der Waals surface area contributed by atoms with Gasteiger partial charge in [0.15, 0.2) is 17.5 Å². The van der Waals surface area contributed by atoms with Crippen LogP contribution in [0.5, 0.6) is 17.2 Å². The minimum atomic E-state index is -0.0603. The first-order valence-corrected chi connectivity index (χ1v) is 10.7. The van der Waals surface area contributed by atoms with Crippen molar-refractivity contribution in [3.8, 4) is 28.5 Å². The Hall–Kier alpha value is -4.34. The van der Waals surface area contributed by atoms with E-state index in [1.807, 2.05) is 31.2 Å². The van der Waals surface area contributed by atoms with E-state index in [0.29, 0.717) is 41.8 Å². The number of aromatic nitrogens is 3.